The molecule has 6 heteroatoms. The molecule has 0 atom stereocenters. The van der Waals surface area contributed by atoms with Gasteiger partial charge in [0.05, 0.1) is 18.8 Å². The molecule has 0 fully saturated rings. The van der Waals surface area contributed by atoms with Gasteiger partial charge in [0.15, 0.2) is 12.4 Å². The molecule has 0 radical (unpaired) electrons. The first kappa shape index (κ1) is 19.5. The fraction of sp³-hybridized carbons (Fsp3) is 0.273. The van der Waals surface area contributed by atoms with Crippen LogP contribution in [-0.4, -0.2) is 31.6 Å². The maximum atomic E-state index is 12.7. The van der Waals surface area contributed by atoms with Crippen molar-refractivity contribution in [2.45, 2.75) is 20.8 Å². The molecule has 1 heterocycles. The molecule has 0 saturated carbocycles. The van der Waals surface area contributed by atoms with Crippen molar-refractivity contribution in [2.75, 3.05) is 19.8 Å². The van der Waals surface area contributed by atoms with Crippen molar-refractivity contribution in [3.05, 3.63) is 58.8 Å². The lowest BCUT2D eigenvalue weighted by Crippen LogP contribution is -2.14. The summed E-state index contributed by atoms with van der Waals surface area (Å²) in [4.78, 5) is 24.2. The van der Waals surface area contributed by atoms with E-state index in [1.165, 1.54) is 0 Å². The van der Waals surface area contributed by atoms with E-state index in [9.17, 15) is 9.59 Å². The van der Waals surface area contributed by atoms with Gasteiger partial charge < -0.3 is 18.9 Å². The van der Waals surface area contributed by atoms with Gasteiger partial charge in [-0.2, -0.15) is 0 Å². The Hall–Kier alpha value is -3.28. The highest BCUT2D eigenvalue weighted by atomic mass is 16.6. The number of hydrogen-bond donors (Lipinski definition) is 0. The fourth-order valence-corrected chi connectivity index (χ4v) is 2.88. The fourth-order valence-electron chi connectivity index (χ4n) is 2.88. The zero-order valence-corrected chi connectivity index (χ0v) is 16.1. The van der Waals surface area contributed by atoms with Crippen LogP contribution >= 0.6 is 0 Å². The summed E-state index contributed by atoms with van der Waals surface area (Å²) in [6.07, 6.45) is 1.69. The van der Waals surface area contributed by atoms with Gasteiger partial charge in [-0.05, 0) is 56.2 Å². The number of benzene rings is 2. The van der Waals surface area contributed by atoms with Crippen LogP contribution in [0.25, 0.3) is 6.08 Å². The highest BCUT2D eigenvalue weighted by Gasteiger charge is 2.30. The SMILES string of the molecule is CCOC(=O)COc1cc(C)c2c(c1)O/C(=C\c1ccc(OCC)cc1)C2=O. The molecule has 0 aliphatic carbocycles. The lowest BCUT2D eigenvalue weighted by Gasteiger charge is -2.08. The minimum atomic E-state index is -0.450. The van der Waals surface area contributed by atoms with Gasteiger partial charge >= 0.3 is 5.97 Å². The second kappa shape index (κ2) is 8.61. The zero-order chi connectivity index (χ0) is 20.1. The van der Waals surface area contributed by atoms with Crippen LogP contribution < -0.4 is 14.2 Å². The number of fused-ring (bicyclic) bond motifs is 1. The van der Waals surface area contributed by atoms with E-state index in [2.05, 4.69) is 0 Å². The van der Waals surface area contributed by atoms with Crippen LogP contribution in [0.2, 0.25) is 0 Å². The van der Waals surface area contributed by atoms with Crippen LogP contribution in [0.4, 0.5) is 0 Å². The number of carbonyl (C=O) groups is 2. The van der Waals surface area contributed by atoms with Gasteiger partial charge in [-0.3, -0.25) is 4.79 Å². The third-order valence-electron chi connectivity index (χ3n) is 4.09. The average Bonchev–Trinajstić information content (AvgIpc) is 2.98. The Morgan fingerprint density at radius 1 is 1.04 bits per heavy atom. The second-order valence-corrected chi connectivity index (χ2v) is 6.15. The van der Waals surface area contributed by atoms with E-state index >= 15 is 0 Å². The maximum absolute atomic E-state index is 12.7. The molecule has 1 aliphatic rings. The van der Waals surface area contributed by atoms with E-state index in [0.29, 0.717) is 30.3 Å². The molecule has 28 heavy (non-hydrogen) atoms. The first-order chi connectivity index (χ1) is 13.5. The van der Waals surface area contributed by atoms with E-state index < -0.39 is 5.97 Å². The smallest absolute Gasteiger partial charge is 0.344 e. The number of esters is 1. The van der Waals surface area contributed by atoms with Crippen LogP contribution in [0.3, 0.4) is 0 Å². The normalized spacial score (nSPS) is 13.8. The molecule has 2 aromatic carbocycles. The van der Waals surface area contributed by atoms with Crippen molar-refractivity contribution < 1.29 is 28.5 Å². The Morgan fingerprint density at radius 2 is 1.79 bits per heavy atom. The van der Waals surface area contributed by atoms with Gasteiger partial charge in [0, 0.05) is 6.07 Å². The largest absolute Gasteiger partial charge is 0.494 e. The summed E-state index contributed by atoms with van der Waals surface area (Å²) >= 11 is 0. The van der Waals surface area contributed by atoms with Gasteiger partial charge in [0.2, 0.25) is 5.78 Å². The first-order valence-electron chi connectivity index (χ1n) is 9.12. The quantitative estimate of drug-likeness (QED) is 0.533. The summed E-state index contributed by atoms with van der Waals surface area (Å²) in [5.41, 5.74) is 2.05. The van der Waals surface area contributed by atoms with Gasteiger partial charge in [0.1, 0.15) is 17.2 Å². The van der Waals surface area contributed by atoms with Gasteiger partial charge in [0.25, 0.3) is 0 Å². The molecule has 0 bridgehead atoms. The molecule has 0 saturated heterocycles. The van der Waals surface area contributed by atoms with Crippen LogP contribution in [0.5, 0.6) is 17.2 Å². The van der Waals surface area contributed by atoms with E-state index in [-0.39, 0.29) is 18.1 Å². The molecule has 3 rings (SSSR count). The molecule has 0 aromatic heterocycles. The Bertz CT molecular complexity index is 911. The molecule has 0 amide bonds. The summed E-state index contributed by atoms with van der Waals surface area (Å²) < 4.78 is 21.5. The molecule has 0 unspecified atom stereocenters. The standard InChI is InChI=1S/C22H22O6/c1-4-25-16-8-6-15(7-9-16)11-19-22(24)21-14(3)10-17(12-18(21)28-19)27-13-20(23)26-5-2/h6-12H,4-5,13H2,1-3H3/b19-11-. The molecular formula is C22H22O6. The first-order valence-corrected chi connectivity index (χ1v) is 9.12. The third kappa shape index (κ3) is 4.34. The van der Waals surface area contributed by atoms with Crippen molar-refractivity contribution in [1.29, 1.82) is 0 Å². The molecule has 0 spiro atoms. The zero-order valence-electron chi connectivity index (χ0n) is 16.1. The minimum absolute atomic E-state index is 0.182. The number of carbonyl (C=O) groups excluding carboxylic acids is 2. The predicted molar refractivity (Wildman–Crippen MR) is 104 cm³/mol. The Balaban J connectivity index is 1.78. The number of rotatable bonds is 7. The van der Waals surface area contributed by atoms with Crippen molar-refractivity contribution in [1.82, 2.24) is 0 Å². The summed E-state index contributed by atoms with van der Waals surface area (Å²) in [5.74, 6) is 1.24. The van der Waals surface area contributed by atoms with Crippen LogP contribution in [-0.2, 0) is 9.53 Å². The van der Waals surface area contributed by atoms with Crippen molar-refractivity contribution in [2.24, 2.45) is 0 Å². The van der Waals surface area contributed by atoms with Crippen molar-refractivity contribution in [3.8, 4) is 17.2 Å². The molecule has 146 valence electrons. The molecule has 2 aromatic rings. The second-order valence-electron chi connectivity index (χ2n) is 6.15. The van der Waals surface area contributed by atoms with Crippen molar-refractivity contribution in [3.63, 3.8) is 0 Å². The highest BCUT2D eigenvalue weighted by Crippen LogP contribution is 2.37. The topological polar surface area (TPSA) is 71.1 Å². The maximum Gasteiger partial charge on any atom is 0.344 e. The Labute approximate surface area is 163 Å². The van der Waals surface area contributed by atoms with E-state index in [1.54, 1.807) is 32.1 Å². The molecule has 1 aliphatic heterocycles. The van der Waals surface area contributed by atoms with Gasteiger partial charge in [-0.15, -0.1) is 0 Å². The lowest BCUT2D eigenvalue weighted by molar-refractivity contribution is -0.145. The number of ether oxygens (including phenoxy) is 4. The number of ketones is 1. The number of hydrogen-bond acceptors (Lipinski definition) is 6. The average molecular weight is 382 g/mol. The summed E-state index contributed by atoms with van der Waals surface area (Å²) in [7, 11) is 0. The third-order valence-corrected chi connectivity index (χ3v) is 4.09. The minimum Gasteiger partial charge on any atom is -0.494 e. The van der Waals surface area contributed by atoms with Crippen LogP contribution in [0, 0.1) is 6.92 Å². The van der Waals surface area contributed by atoms with Crippen LogP contribution in [0.1, 0.15) is 35.3 Å². The number of allylic oxidation sites excluding steroid dienone is 1. The molecule has 0 N–H and O–H groups in total. The van der Waals surface area contributed by atoms with Gasteiger partial charge in [-0.1, -0.05) is 12.1 Å². The lowest BCUT2D eigenvalue weighted by atomic mass is 10.0. The number of aryl methyl sites for hydroxylation is 1. The summed E-state index contributed by atoms with van der Waals surface area (Å²) in [5, 5.41) is 0. The van der Waals surface area contributed by atoms with Crippen molar-refractivity contribution >= 4 is 17.8 Å². The Morgan fingerprint density at radius 3 is 2.46 bits per heavy atom. The monoisotopic (exact) mass is 382 g/mol. The molecule has 6 nitrogen and oxygen atoms in total. The van der Waals surface area contributed by atoms with Crippen LogP contribution in [0.15, 0.2) is 42.2 Å². The van der Waals surface area contributed by atoms with E-state index in [4.69, 9.17) is 18.9 Å². The van der Waals surface area contributed by atoms with E-state index in [1.807, 2.05) is 31.2 Å². The summed E-state index contributed by atoms with van der Waals surface area (Å²) in [6, 6.07) is 10.7. The van der Waals surface area contributed by atoms with Gasteiger partial charge in [-0.25, -0.2) is 4.79 Å². The van der Waals surface area contributed by atoms with E-state index in [0.717, 1.165) is 16.9 Å². The predicted octanol–water partition coefficient (Wildman–Crippen LogP) is 3.95. The highest BCUT2D eigenvalue weighted by molar-refractivity contribution is 6.15. The number of Topliss-reactive ketones (excluding diaryl/α,β-unsaturated/α-hetero) is 1. The Kier molecular flexibility index (Phi) is 5.99. The molecular weight excluding hydrogens is 360 g/mol. The summed E-state index contributed by atoms with van der Waals surface area (Å²) in [6.45, 7) is 6.15.